The van der Waals surface area contributed by atoms with Crippen LogP contribution in [0.1, 0.15) is 11.1 Å². The van der Waals surface area contributed by atoms with Gasteiger partial charge in [-0.25, -0.2) is 8.78 Å². The predicted octanol–water partition coefficient (Wildman–Crippen LogP) is 3.40. The van der Waals surface area contributed by atoms with E-state index in [1.54, 1.807) is 31.2 Å². The molecule has 0 unspecified atom stereocenters. The Morgan fingerprint density at radius 2 is 1.53 bits per heavy atom. The highest BCUT2D eigenvalue weighted by Crippen LogP contribution is 2.23. The predicted molar refractivity (Wildman–Crippen MR) is 64.4 cm³/mol. The molecule has 1 nitrogen and oxygen atoms in total. The number of nitrogens with two attached hydrogens (primary N) is 1. The average Bonchev–Trinajstić information content (AvgIpc) is 2.33. The minimum atomic E-state index is -0.310. The van der Waals surface area contributed by atoms with E-state index >= 15 is 0 Å². The first-order valence-electron chi connectivity index (χ1n) is 5.37. The van der Waals surface area contributed by atoms with Gasteiger partial charge < -0.3 is 5.73 Å². The van der Waals surface area contributed by atoms with Crippen LogP contribution in [-0.2, 0) is 6.54 Å². The molecular weight excluding hydrogens is 220 g/mol. The molecule has 0 aliphatic carbocycles. The molecular formula is C14H13F2N. The van der Waals surface area contributed by atoms with Gasteiger partial charge in [0, 0.05) is 12.1 Å². The summed E-state index contributed by atoms with van der Waals surface area (Å²) in [4.78, 5) is 0. The fourth-order valence-corrected chi connectivity index (χ4v) is 1.73. The van der Waals surface area contributed by atoms with Crippen LogP contribution in [0.25, 0.3) is 11.1 Å². The number of halogens is 2. The highest BCUT2D eigenvalue weighted by Gasteiger charge is 2.05. The van der Waals surface area contributed by atoms with Crippen LogP contribution < -0.4 is 5.73 Å². The van der Waals surface area contributed by atoms with E-state index in [4.69, 9.17) is 5.73 Å². The van der Waals surface area contributed by atoms with Gasteiger partial charge in [0.25, 0.3) is 0 Å². The zero-order chi connectivity index (χ0) is 12.4. The lowest BCUT2D eigenvalue weighted by Gasteiger charge is -2.06. The summed E-state index contributed by atoms with van der Waals surface area (Å²) in [6.45, 7) is 1.85. The second-order valence-electron chi connectivity index (χ2n) is 3.97. The zero-order valence-electron chi connectivity index (χ0n) is 9.50. The third-order valence-electron chi connectivity index (χ3n) is 2.76. The van der Waals surface area contributed by atoms with Gasteiger partial charge in [-0.05, 0) is 47.9 Å². The number of hydrogen-bond acceptors (Lipinski definition) is 1. The summed E-state index contributed by atoms with van der Waals surface area (Å²) in [5, 5.41) is 0. The van der Waals surface area contributed by atoms with Crippen molar-refractivity contribution in [2.75, 3.05) is 0 Å². The first-order chi connectivity index (χ1) is 8.11. The summed E-state index contributed by atoms with van der Waals surface area (Å²) < 4.78 is 26.4. The van der Waals surface area contributed by atoms with E-state index in [2.05, 4.69) is 0 Å². The molecule has 88 valence electrons. The zero-order valence-corrected chi connectivity index (χ0v) is 9.50. The van der Waals surface area contributed by atoms with Crippen molar-refractivity contribution in [1.29, 1.82) is 0 Å². The van der Waals surface area contributed by atoms with Gasteiger partial charge in [-0.3, -0.25) is 0 Å². The molecule has 0 radical (unpaired) electrons. The average molecular weight is 233 g/mol. The maximum atomic E-state index is 13.3. The third-order valence-corrected chi connectivity index (χ3v) is 2.76. The van der Waals surface area contributed by atoms with Gasteiger partial charge in [0.1, 0.15) is 11.6 Å². The van der Waals surface area contributed by atoms with E-state index in [1.165, 1.54) is 12.1 Å². The summed E-state index contributed by atoms with van der Waals surface area (Å²) in [5.41, 5.74) is 8.19. The van der Waals surface area contributed by atoms with Gasteiger partial charge in [0.15, 0.2) is 0 Å². The maximum Gasteiger partial charge on any atom is 0.127 e. The number of hydrogen-bond donors (Lipinski definition) is 1. The lowest BCUT2D eigenvalue weighted by Crippen LogP contribution is -1.99. The fraction of sp³-hybridized carbons (Fsp3) is 0.143. The molecule has 0 aliphatic heterocycles. The quantitative estimate of drug-likeness (QED) is 0.845. The Morgan fingerprint density at radius 1 is 0.941 bits per heavy atom. The van der Waals surface area contributed by atoms with E-state index < -0.39 is 0 Å². The lowest BCUT2D eigenvalue weighted by atomic mass is 10.0. The molecule has 0 saturated heterocycles. The van der Waals surface area contributed by atoms with E-state index in [9.17, 15) is 8.78 Å². The normalized spacial score (nSPS) is 10.6. The van der Waals surface area contributed by atoms with Crippen molar-refractivity contribution in [3.8, 4) is 11.1 Å². The van der Waals surface area contributed by atoms with Crippen molar-refractivity contribution >= 4 is 0 Å². The van der Waals surface area contributed by atoms with Gasteiger partial charge in [-0.1, -0.05) is 12.1 Å². The van der Waals surface area contributed by atoms with Gasteiger partial charge in [-0.15, -0.1) is 0 Å². The van der Waals surface area contributed by atoms with Gasteiger partial charge in [-0.2, -0.15) is 0 Å². The molecule has 0 spiro atoms. The van der Waals surface area contributed by atoms with Crippen LogP contribution in [0.2, 0.25) is 0 Å². The number of rotatable bonds is 2. The van der Waals surface area contributed by atoms with Crippen LogP contribution in [0.4, 0.5) is 8.78 Å². The molecule has 17 heavy (non-hydrogen) atoms. The van der Waals surface area contributed by atoms with Gasteiger partial charge in [0.2, 0.25) is 0 Å². The van der Waals surface area contributed by atoms with Crippen molar-refractivity contribution < 1.29 is 8.78 Å². The number of benzene rings is 2. The minimum absolute atomic E-state index is 0.153. The first kappa shape index (κ1) is 11.7. The molecule has 3 heteroatoms. The van der Waals surface area contributed by atoms with Crippen molar-refractivity contribution in [2.45, 2.75) is 13.5 Å². The molecule has 0 bridgehead atoms. The van der Waals surface area contributed by atoms with Crippen LogP contribution in [0.3, 0.4) is 0 Å². The molecule has 0 aliphatic rings. The second kappa shape index (κ2) is 4.63. The highest BCUT2D eigenvalue weighted by atomic mass is 19.1. The van der Waals surface area contributed by atoms with Crippen molar-refractivity contribution in [3.05, 3.63) is 59.2 Å². The minimum Gasteiger partial charge on any atom is -0.326 e. The molecule has 0 fully saturated rings. The molecule has 2 aromatic carbocycles. The monoisotopic (exact) mass is 233 g/mol. The van der Waals surface area contributed by atoms with E-state index in [1.807, 2.05) is 0 Å². The third kappa shape index (κ3) is 2.34. The van der Waals surface area contributed by atoms with E-state index in [0.29, 0.717) is 11.1 Å². The maximum absolute atomic E-state index is 13.3. The summed E-state index contributed by atoms with van der Waals surface area (Å²) in [7, 11) is 0. The number of aryl methyl sites for hydroxylation is 1. The summed E-state index contributed by atoms with van der Waals surface area (Å²) >= 11 is 0. The highest BCUT2D eigenvalue weighted by molar-refractivity contribution is 5.65. The van der Waals surface area contributed by atoms with Crippen LogP contribution in [0.5, 0.6) is 0 Å². The SMILES string of the molecule is Cc1cc(-c2ccc(F)c(CN)c2)ccc1F. The Kier molecular flexibility index (Phi) is 3.20. The van der Waals surface area contributed by atoms with Crippen LogP contribution in [0, 0.1) is 18.6 Å². The van der Waals surface area contributed by atoms with Crippen LogP contribution in [0.15, 0.2) is 36.4 Å². The van der Waals surface area contributed by atoms with Gasteiger partial charge >= 0.3 is 0 Å². The Bertz CT molecular complexity index is 550. The Balaban J connectivity index is 2.49. The summed E-state index contributed by atoms with van der Waals surface area (Å²) in [5.74, 6) is -0.551. The molecule has 2 aromatic rings. The first-order valence-corrected chi connectivity index (χ1v) is 5.37. The molecule has 0 saturated carbocycles. The lowest BCUT2D eigenvalue weighted by molar-refractivity contribution is 0.610. The van der Waals surface area contributed by atoms with E-state index in [0.717, 1.165) is 11.1 Å². The molecule has 2 N–H and O–H groups in total. The Hall–Kier alpha value is -1.74. The van der Waals surface area contributed by atoms with Crippen LogP contribution >= 0.6 is 0 Å². The summed E-state index contributed by atoms with van der Waals surface area (Å²) in [6, 6.07) is 9.58. The molecule has 0 atom stereocenters. The van der Waals surface area contributed by atoms with Crippen molar-refractivity contribution in [2.24, 2.45) is 5.73 Å². The molecule has 0 heterocycles. The van der Waals surface area contributed by atoms with E-state index in [-0.39, 0.29) is 18.2 Å². The van der Waals surface area contributed by atoms with Crippen LogP contribution in [-0.4, -0.2) is 0 Å². The van der Waals surface area contributed by atoms with Crippen molar-refractivity contribution in [1.82, 2.24) is 0 Å². The van der Waals surface area contributed by atoms with Crippen molar-refractivity contribution in [3.63, 3.8) is 0 Å². The standard InChI is InChI=1S/C14H13F2N/c1-9-6-10(2-4-13(9)15)11-3-5-14(16)12(7-11)8-17/h2-7H,8,17H2,1H3. The smallest absolute Gasteiger partial charge is 0.127 e. The second-order valence-corrected chi connectivity index (χ2v) is 3.97. The Morgan fingerprint density at radius 3 is 2.12 bits per heavy atom. The largest absolute Gasteiger partial charge is 0.326 e. The summed E-state index contributed by atoms with van der Waals surface area (Å²) in [6.07, 6.45) is 0. The fourth-order valence-electron chi connectivity index (χ4n) is 1.73. The molecule has 0 aromatic heterocycles. The molecule has 2 rings (SSSR count). The topological polar surface area (TPSA) is 26.0 Å². The molecule has 0 amide bonds. The van der Waals surface area contributed by atoms with Gasteiger partial charge in [0.05, 0.1) is 0 Å². The Labute approximate surface area is 98.9 Å².